The van der Waals surface area contributed by atoms with Gasteiger partial charge in [-0.3, -0.25) is 4.79 Å². The number of allylic oxidation sites excluding steroid dienone is 1. The molecule has 0 aliphatic carbocycles. The van der Waals surface area contributed by atoms with Gasteiger partial charge in [-0.25, -0.2) is 4.98 Å². The van der Waals surface area contributed by atoms with Crippen LogP contribution in [0.2, 0.25) is 0 Å². The molecule has 0 amide bonds. The van der Waals surface area contributed by atoms with Crippen LogP contribution in [0.5, 0.6) is 11.5 Å². The summed E-state index contributed by atoms with van der Waals surface area (Å²) in [6.45, 7) is 9.67. The number of hydrogen-bond donors (Lipinski definition) is 1. The number of nitrogens with zero attached hydrogens (tertiary/aromatic N) is 3. The lowest BCUT2D eigenvalue weighted by molar-refractivity contribution is 0.371. The molecule has 0 spiro atoms. The zero-order valence-corrected chi connectivity index (χ0v) is 19.0. The average Bonchev–Trinajstić information content (AvgIpc) is 2.69. The van der Waals surface area contributed by atoms with E-state index in [9.17, 15) is 9.90 Å². The zero-order valence-electron chi connectivity index (χ0n) is 17.4. The molecule has 0 saturated carbocycles. The van der Waals surface area contributed by atoms with Gasteiger partial charge in [0, 0.05) is 15.5 Å². The number of phenolic OH excluding ortho intramolecular Hbond substituents is 1. The van der Waals surface area contributed by atoms with E-state index >= 15 is 0 Å². The Kier molecular flexibility index (Phi) is 6.12. The summed E-state index contributed by atoms with van der Waals surface area (Å²) in [5, 5.41) is 15.2. The summed E-state index contributed by atoms with van der Waals surface area (Å²) >= 11 is 3.41. The quantitative estimate of drug-likeness (QED) is 0.430. The molecule has 3 rings (SSSR count). The second-order valence-corrected chi connectivity index (χ2v) is 8.85. The Bertz CT molecular complexity index is 1210. The monoisotopic (exact) mass is 469 g/mol. The first-order chi connectivity index (χ1) is 14.2. The minimum absolute atomic E-state index is 0.0688. The van der Waals surface area contributed by atoms with E-state index in [-0.39, 0.29) is 11.3 Å². The number of phenols is 1. The molecule has 2 aromatic carbocycles. The van der Waals surface area contributed by atoms with Crippen LogP contribution < -0.4 is 10.3 Å². The molecule has 0 atom stereocenters. The number of aromatic hydroxyl groups is 1. The van der Waals surface area contributed by atoms with Crippen molar-refractivity contribution in [1.29, 1.82) is 0 Å². The van der Waals surface area contributed by atoms with Crippen LogP contribution in [0, 0.1) is 0 Å². The van der Waals surface area contributed by atoms with E-state index in [2.05, 4.69) is 27.6 Å². The minimum Gasteiger partial charge on any atom is -0.504 e. The van der Waals surface area contributed by atoms with E-state index in [1.165, 1.54) is 11.8 Å². The summed E-state index contributed by atoms with van der Waals surface area (Å²) in [6, 6.07) is 8.87. The third-order valence-electron chi connectivity index (χ3n) is 4.56. The summed E-state index contributed by atoms with van der Waals surface area (Å²) < 4.78 is 7.40. The van der Waals surface area contributed by atoms with Crippen molar-refractivity contribution in [3.05, 3.63) is 74.8 Å². The highest BCUT2D eigenvalue weighted by Crippen LogP contribution is 2.31. The molecule has 0 unspecified atom stereocenters. The minimum atomic E-state index is -0.404. The number of rotatable bonds is 5. The Hall–Kier alpha value is -2.93. The third kappa shape index (κ3) is 4.31. The number of benzene rings is 2. The summed E-state index contributed by atoms with van der Waals surface area (Å²) in [7, 11) is 1.49. The summed E-state index contributed by atoms with van der Waals surface area (Å²) in [4.78, 5) is 17.9. The van der Waals surface area contributed by atoms with Crippen molar-refractivity contribution >= 4 is 33.0 Å². The van der Waals surface area contributed by atoms with Crippen LogP contribution >= 0.6 is 15.9 Å². The van der Waals surface area contributed by atoms with E-state index in [0.29, 0.717) is 40.0 Å². The van der Waals surface area contributed by atoms with Crippen LogP contribution in [0.3, 0.4) is 0 Å². The average molecular weight is 470 g/mol. The highest BCUT2D eigenvalue weighted by molar-refractivity contribution is 9.10. The molecule has 6 nitrogen and oxygen atoms in total. The SMILES string of the molecule is C=CCc1cc(C=Nn2c(C(C)(C)C)nc3ccc(Br)cc3c2=O)cc(OC)c1O. The lowest BCUT2D eigenvalue weighted by Crippen LogP contribution is -2.29. The molecule has 1 N–H and O–H groups in total. The van der Waals surface area contributed by atoms with Crippen molar-refractivity contribution < 1.29 is 9.84 Å². The fraction of sp³-hybridized carbons (Fsp3) is 0.261. The number of aromatic nitrogens is 2. The highest BCUT2D eigenvalue weighted by Gasteiger charge is 2.23. The second-order valence-electron chi connectivity index (χ2n) is 7.93. The van der Waals surface area contributed by atoms with Crippen molar-refractivity contribution in [2.45, 2.75) is 32.6 Å². The van der Waals surface area contributed by atoms with Gasteiger partial charge in [0.25, 0.3) is 5.56 Å². The smallest absolute Gasteiger partial charge is 0.282 e. The molecule has 0 radical (unpaired) electrons. The molecule has 7 heteroatoms. The van der Waals surface area contributed by atoms with Crippen molar-refractivity contribution in [3.63, 3.8) is 0 Å². The van der Waals surface area contributed by atoms with Gasteiger partial charge in [0.2, 0.25) is 0 Å². The largest absolute Gasteiger partial charge is 0.504 e. The maximum Gasteiger partial charge on any atom is 0.282 e. The lowest BCUT2D eigenvalue weighted by atomic mass is 9.95. The Morgan fingerprint density at radius 1 is 1.30 bits per heavy atom. The lowest BCUT2D eigenvalue weighted by Gasteiger charge is -2.21. The van der Waals surface area contributed by atoms with Gasteiger partial charge in [0.1, 0.15) is 5.82 Å². The van der Waals surface area contributed by atoms with E-state index in [0.717, 1.165) is 4.47 Å². The fourth-order valence-corrected chi connectivity index (χ4v) is 3.46. The van der Waals surface area contributed by atoms with E-state index in [1.54, 1.807) is 30.5 Å². The zero-order chi connectivity index (χ0) is 22.1. The molecule has 0 aliphatic heterocycles. The molecule has 1 aromatic heterocycles. The molecule has 1 heterocycles. The number of methoxy groups -OCH3 is 1. The molecule has 0 saturated heterocycles. The molecule has 0 aliphatic rings. The number of halogens is 1. The van der Waals surface area contributed by atoms with Gasteiger partial charge in [-0.05, 0) is 42.3 Å². The highest BCUT2D eigenvalue weighted by atomic mass is 79.9. The Labute approximate surface area is 183 Å². The standard InChI is InChI=1S/C23H24BrN3O3/c1-6-7-15-10-14(11-19(30-5)20(15)28)13-25-27-21(29)17-12-16(24)8-9-18(17)26-22(27)23(2,3)4/h6,8-13,28H,1,7H2,2-5H3. The molecule has 0 fully saturated rings. The third-order valence-corrected chi connectivity index (χ3v) is 5.06. The first kappa shape index (κ1) is 21.8. The number of fused-ring (bicyclic) bond motifs is 1. The fourth-order valence-electron chi connectivity index (χ4n) is 3.10. The summed E-state index contributed by atoms with van der Waals surface area (Å²) in [5.41, 5.74) is 1.31. The molecular formula is C23H24BrN3O3. The van der Waals surface area contributed by atoms with Crippen LogP contribution in [0.1, 0.15) is 37.7 Å². The van der Waals surface area contributed by atoms with Crippen LogP contribution in [0.15, 0.2) is 57.4 Å². The van der Waals surface area contributed by atoms with Crippen molar-refractivity contribution in [1.82, 2.24) is 9.66 Å². The van der Waals surface area contributed by atoms with Gasteiger partial charge in [-0.2, -0.15) is 9.78 Å². The first-order valence-corrected chi connectivity index (χ1v) is 10.2. The molecule has 3 aromatic rings. The van der Waals surface area contributed by atoms with Gasteiger partial charge in [-0.1, -0.05) is 42.8 Å². The maximum atomic E-state index is 13.2. The molecule has 0 bridgehead atoms. The van der Waals surface area contributed by atoms with Crippen LogP contribution in [-0.4, -0.2) is 28.1 Å². The van der Waals surface area contributed by atoms with Gasteiger partial charge in [0.05, 0.1) is 24.2 Å². The summed E-state index contributed by atoms with van der Waals surface area (Å²) in [6.07, 6.45) is 3.74. The van der Waals surface area contributed by atoms with Gasteiger partial charge in [0.15, 0.2) is 11.5 Å². The van der Waals surface area contributed by atoms with Crippen molar-refractivity contribution in [2.24, 2.45) is 5.10 Å². The van der Waals surface area contributed by atoms with E-state index in [1.807, 2.05) is 32.9 Å². The normalized spacial score (nSPS) is 11.9. The van der Waals surface area contributed by atoms with Crippen LogP contribution in [0.25, 0.3) is 10.9 Å². The van der Waals surface area contributed by atoms with Crippen LogP contribution in [-0.2, 0) is 11.8 Å². The van der Waals surface area contributed by atoms with E-state index < -0.39 is 5.41 Å². The van der Waals surface area contributed by atoms with Crippen molar-refractivity contribution in [3.8, 4) is 11.5 Å². The predicted molar refractivity (Wildman–Crippen MR) is 124 cm³/mol. The topological polar surface area (TPSA) is 76.7 Å². The number of ether oxygens (including phenoxy) is 1. The first-order valence-electron chi connectivity index (χ1n) is 9.43. The number of hydrogen-bond acceptors (Lipinski definition) is 5. The molecular weight excluding hydrogens is 446 g/mol. The van der Waals surface area contributed by atoms with Gasteiger partial charge >= 0.3 is 0 Å². The maximum absolute atomic E-state index is 13.2. The summed E-state index contributed by atoms with van der Waals surface area (Å²) in [5.74, 6) is 0.953. The molecule has 30 heavy (non-hydrogen) atoms. The Morgan fingerprint density at radius 3 is 2.67 bits per heavy atom. The van der Waals surface area contributed by atoms with Crippen LogP contribution in [0.4, 0.5) is 0 Å². The Balaban J connectivity index is 2.21. The van der Waals surface area contributed by atoms with E-state index in [4.69, 9.17) is 9.72 Å². The van der Waals surface area contributed by atoms with Gasteiger partial charge in [-0.15, -0.1) is 6.58 Å². The molecule has 156 valence electrons. The van der Waals surface area contributed by atoms with Gasteiger partial charge < -0.3 is 9.84 Å². The second kappa shape index (κ2) is 8.44. The Morgan fingerprint density at radius 2 is 2.03 bits per heavy atom. The van der Waals surface area contributed by atoms with Crippen molar-refractivity contribution in [2.75, 3.05) is 7.11 Å². The predicted octanol–water partition coefficient (Wildman–Crippen LogP) is 4.78.